The van der Waals surface area contributed by atoms with Gasteiger partial charge in [0.05, 0.1) is 6.10 Å². The van der Waals surface area contributed by atoms with Crippen LogP contribution in [0.2, 0.25) is 0 Å². The Morgan fingerprint density at radius 3 is 2.36 bits per heavy atom. The largest absolute Gasteiger partial charge is 0.392 e. The molecule has 0 aliphatic heterocycles. The summed E-state index contributed by atoms with van der Waals surface area (Å²) >= 11 is 0. The summed E-state index contributed by atoms with van der Waals surface area (Å²) in [5.74, 6) is 0.453. The van der Waals surface area contributed by atoms with Gasteiger partial charge in [0.25, 0.3) is 0 Å². The van der Waals surface area contributed by atoms with Crippen LogP contribution < -0.4 is 0 Å². The maximum absolute atomic E-state index is 12.7. The lowest BCUT2D eigenvalue weighted by atomic mass is 9.93. The minimum Gasteiger partial charge on any atom is -0.392 e. The van der Waals surface area contributed by atoms with Crippen molar-refractivity contribution < 1.29 is 9.50 Å². The van der Waals surface area contributed by atoms with Crippen molar-refractivity contribution in [1.29, 1.82) is 0 Å². The molecule has 2 heteroatoms. The number of hydrogen-bond acceptors (Lipinski definition) is 1. The molecule has 3 atom stereocenters. The second-order valence-electron chi connectivity index (χ2n) is 4.32. The molecule has 1 nitrogen and oxygen atoms in total. The van der Waals surface area contributed by atoms with Crippen LogP contribution in [-0.2, 0) is 0 Å². The summed E-state index contributed by atoms with van der Waals surface area (Å²) in [6.45, 7) is 5.91. The summed E-state index contributed by atoms with van der Waals surface area (Å²) in [6, 6.07) is 0. The van der Waals surface area contributed by atoms with E-state index in [2.05, 4.69) is 0 Å². The standard InChI is InChI=1S/C9H17FO/c1-6(2)4-8(11)9(3)5-7(9)10/h6-8,11H,4-5H2,1-3H3. The summed E-state index contributed by atoms with van der Waals surface area (Å²) in [4.78, 5) is 0. The van der Waals surface area contributed by atoms with Gasteiger partial charge in [-0.05, 0) is 18.8 Å². The summed E-state index contributed by atoms with van der Waals surface area (Å²) in [5, 5.41) is 9.55. The molecule has 1 aliphatic rings. The van der Waals surface area contributed by atoms with Gasteiger partial charge in [-0.25, -0.2) is 4.39 Å². The van der Waals surface area contributed by atoms with Crippen LogP contribution in [0.1, 0.15) is 33.6 Å². The fourth-order valence-electron chi connectivity index (χ4n) is 1.39. The zero-order chi connectivity index (χ0) is 8.65. The molecule has 66 valence electrons. The van der Waals surface area contributed by atoms with Gasteiger partial charge in [-0.2, -0.15) is 0 Å². The molecule has 1 N–H and O–H groups in total. The van der Waals surface area contributed by atoms with Gasteiger partial charge in [-0.1, -0.05) is 20.8 Å². The average molecular weight is 160 g/mol. The molecule has 1 fully saturated rings. The Morgan fingerprint density at radius 1 is 1.64 bits per heavy atom. The molecule has 0 spiro atoms. The van der Waals surface area contributed by atoms with Gasteiger partial charge in [0.1, 0.15) is 6.17 Å². The van der Waals surface area contributed by atoms with Gasteiger partial charge in [-0.3, -0.25) is 0 Å². The van der Waals surface area contributed by atoms with Gasteiger partial charge in [0, 0.05) is 5.41 Å². The monoisotopic (exact) mass is 160 g/mol. The first kappa shape index (κ1) is 8.98. The zero-order valence-corrected chi connectivity index (χ0v) is 7.47. The number of aliphatic hydroxyl groups is 1. The number of alkyl halides is 1. The van der Waals surface area contributed by atoms with Crippen molar-refractivity contribution in [1.82, 2.24) is 0 Å². The van der Waals surface area contributed by atoms with Crippen molar-refractivity contribution in [3.8, 4) is 0 Å². The predicted molar refractivity (Wildman–Crippen MR) is 43.1 cm³/mol. The van der Waals surface area contributed by atoms with E-state index in [1.54, 1.807) is 0 Å². The molecular weight excluding hydrogens is 143 g/mol. The lowest BCUT2D eigenvalue weighted by Crippen LogP contribution is -2.23. The second kappa shape index (κ2) is 2.74. The Kier molecular flexibility index (Phi) is 2.24. The van der Waals surface area contributed by atoms with Crippen molar-refractivity contribution >= 4 is 0 Å². The Labute approximate surface area is 67.6 Å². The Morgan fingerprint density at radius 2 is 2.09 bits per heavy atom. The van der Waals surface area contributed by atoms with E-state index in [0.717, 1.165) is 6.42 Å². The first-order valence-electron chi connectivity index (χ1n) is 4.29. The van der Waals surface area contributed by atoms with Crippen LogP contribution in [-0.4, -0.2) is 17.4 Å². The first-order valence-corrected chi connectivity index (χ1v) is 4.29. The van der Waals surface area contributed by atoms with Crippen LogP contribution in [0, 0.1) is 11.3 Å². The van der Waals surface area contributed by atoms with Crippen LogP contribution in [0.15, 0.2) is 0 Å². The van der Waals surface area contributed by atoms with E-state index >= 15 is 0 Å². The highest BCUT2D eigenvalue weighted by Crippen LogP contribution is 2.52. The molecule has 0 radical (unpaired) electrons. The second-order valence-corrected chi connectivity index (χ2v) is 4.32. The third kappa shape index (κ3) is 1.73. The van der Waals surface area contributed by atoms with Gasteiger partial charge < -0.3 is 5.11 Å². The fraction of sp³-hybridized carbons (Fsp3) is 1.00. The van der Waals surface area contributed by atoms with Gasteiger partial charge in [-0.15, -0.1) is 0 Å². The average Bonchev–Trinajstić information content (AvgIpc) is 2.40. The summed E-state index contributed by atoms with van der Waals surface area (Å²) in [5.41, 5.74) is -0.412. The third-order valence-corrected chi connectivity index (χ3v) is 2.63. The van der Waals surface area contributed by atoms with Crippen molar-refractivity contribution in [3.05, 3.63) is 0 Å². The molecular formula is C9H17FO. The van der Waals surface area contributed by atoms with Crippen LogP contribution in [0.3, 0.4) is 0 Å². The van der Waals surface area contributed by atoms with Crippen LogP contribution in [0.25, 0.3) is 0 Å². The fourth-order valence-corrected chi connectivity index (χ4v) is 1.39. The van der Waals surface area contributed by atoms with Gasteiger partial charge >= 0.3 is 0 Å². The molecule has 0 aromatic heterocycles. The molecule has 11 heavy (non-hydrogen) atoms. The third-order valence-electron chi connectivity index (χ3n) is 2.63. The Balaban J connectivity index is 2.37. The number of aliphatic hydroxyl groups excluding tert-OH is 1. The lowest BCUT2D eigenvalue weighted by Gasteiger charge is -2.19. The van der Waals surface area contributed by atoms with Crippen LogP contribution in [0.4, 0.5) is 4.39 Å². The van der Waals surface area contributed by atoms with Gasteiger partial charge in [0.15, 0.2) is 0 Å². The molecule has 1 aliphatic carbocycles. The molecule has 0 bridgehead atoms. The highest BCUT2D eigenvalue weighted by atomic mass is 19.1. The zero-order valence-electron chi connectivity index (χ0n) is 7.47. The van der Waals surface area contributed by atoms with E-state index in [-0.39, 0.29) is 0 Å². The molecule has 0 saturated heterocycles. The minimum absolute atomic E-state index is 0.412. The molecule has 0 heterocycles. The predicted octanol–water partition coefficient (Wildman–Crippen LogP) is 2.14. The van der Waals surface area contributed by atoms with Crippen LogP contribution in [0.5, 0.6) is 0 Å². The molecule has 1 rings (SSSR count). The van der Waals surface area contributed by atoms with E-state index in [4.69, 9.17) is 0 Å². The molecule has 1 saturated carbocycles. The smallest absolute Gasteiger partial charge is 0.109 e. The molecule has 0 aromatic carbocycles. The summed E-state index contributed by atoms with van der Waals surface area (Å²) in [6.07, 6.45) is 0.0476. The van der Waals surface area contributed by atoms with Crippen molar-refractivity contribution in [2.45, 2.75) is 45.9 Å². The number of rotatable bonds is 3. The maximum atomic E-state index is 12.7. The Hall–Kier alpha value is -0.110. The molecule has 3 unspecified atom stereocenters. The minimum atomic E-state index is -0.767. The summed E-state index contributed by atoms with van der Waals surface area (Å²) in [7, 11) is 0. The quantitative estimate of drug-likeness (QED) is 0.670. The lowest BCUT2D eigenvalue weighted by molar-refractivity contribution is 0.0680. The van der Waals surface area contributed by atoms with E-state index in [9.17, 15) is 9.50 Å². The van der Waals surface area contributed by atoms with Crippen molar-refractivity contribution in [2.75, 3.05) is 0 Å². The normalized spacial score (nSPS) is 39.3. The van der Waals surface area contributed by atoms with E-state index < -0.39 is 17.7 Å². The van der Waals surface area contributed by atoms with E-state index in [1.165, 1.54) is 0 Å². The molecule has 0 aromatic rings. The van der Waals surface area contributed by atoms with Crippen molar-refractivity contribution in [2.24, 2.45) is 11.3 Å². The van der Waals surface area contributed by atoms with Crippen molar-refractivity contribution in [3.63, 3.8) is 0 Å². The SMILES string of the molecule is CC(C)CC(O)C1(C)CC1F. The number of hydrogen-bond donors (Lipinski definition) is 1. The van der Waals surface area contributed by atoms with E-state index in [1.807, 2.05) is 20.8 Å². The van der Waals surface area contributed by atoms with E-state index in [0.29, 0.717) is 12.3 Å². The Bertz CT molecular complexity index is 146. The number of halogens is 1. The van der Waals surface area contributed by atoms with Crippen LogP contribution >= 0.6 is 0 Å². The highest BCUT2D eigenvalue weighted by Gasteiger charge is 2.55. The molecule has 0 amide bonds. The topological polar surface area (TPSA) is 20.2 Å². The maximum Gasteiger partial charge on any atom is 0.109 e. The highest BCUT2D eigenvalue weighted by molar-refractivity contribution is 5.04. The van der Waals surface area contributed by atoms with Gasteiger partial charge in [0.2, 0.25) is 0 Å². The first-order chi connectivity index (χ1) is 4.97. The summed E-state index contributed by atoms with van der Waals surface area (Å²) < 4.78 is 12.7.